The predicted octanol–water partition coefficient (Wildman–Crippen LogP) is 3.20. The number of amides is 1. The molecule has 1 heterocycles. The SMILES string of the molecule is O=C(NC1CCN(Cc2ccccc2C(F)(F)F)CC1)C1CC1. The number of carbonyl (C=O) groups excluding carboxylic acids is 1. The largest absolute Gasteiger partial charge is 0.416 e. The number of nitrogens with zero attached hydrogens (tertiary/aromatic N) is 1. The number of nitrogens with one attached hydrogen (secondary N) is 1. The normalized spacial score (nSPS) is 20.5. The standard InChI is InChI=1S/C17H21F3N2O/c18-17(19,20)15-4-2-1-3-13(15)11-22-9-7-14(8-10-22)21-16(23)12-5-6-12/h1-4,12,14H,5-11H2,(H,21,23). The maximum Gasteiger partial charge on any atom is 0.416 e. The van der Waals surface area contributed by atoms with Crippen molar-refractivity contribution in [3.63, 3.8) is 0 Å². The van der Waals surface area contributed by atoms with Crippen LogP contribution in [0.4, 0.5) is 13.2 Å². The molecule has 3 rings (SSSR count). The fourth-order valence-corrected chi connectivity index (χ4v) is 3.08. The number of hydrogen-bond donors (Lipinski definition) is 1. The van der Waals surface area contributed by atoms with E-state index in [1.165, 1.54) is 6.07 Å². The van der Waals surface area contributed by atoms with Gasteiger partial charge >= 0.3 is 6.18 Å². The smallest absolute Gasteiger partial charge is 0.353 e. The lowest BCUT2D eigenvalue weighted by atomic mass is 10.0. The van der Waals surface area contributed by atoms with E-state index < -0.39 is 11.7 Å². The highest BCUT2D eigenvalue weighted by Gasteiger charge is 2.34. The average molecular weight is 326 g/mol. The zero-order valence-electron chi connectivity index (χ0n) is 12.9. The van der Waals surface area contributed by atoms with Crippen LogP contribution in [0.25, 0.3) is 0 Å². The van der Waals surface area contributed by atoms with Gasteiger partial charge in [-0.2, -0.15) is 13.2 Å². The zero-order chi connectivity index (χ0) is 16.4. The van der Waals surface area contributed by atoms with Crippen molar-refractivity contribution in [3.05, 3.63) is 35.4 Å². The fourth-order valence-electron chi connectivity index (χ4n) is 3.08. The number of rotatable bonds is 4. The van der Waals surface area contributed by atoms with Gasteiger partial charge in [-0.05, 0) is 37.3 Å². The van der Waals surface area contributed by atoms with E-state index in [4.69, 9.17) is 0 Å². The molecule has 3 nitrogen and oxygen atoms in total. The summed E-state index contributed by atoms with van der Waals surface area (Å²) in [5.74, 6) is 0.345. The molecule has 1 N–H and O–H groups in total. The molecule has 0 atom stereocenters. The predicted molar refractivity (Wildman–Crippen MR) is 80.6 cm³/mol. The van der Waals surface area contributed by atoms with Crippen molar-refractivity contribution < 1.29 is 18.0 Å². The third kappa shape index (κ3) is 4.25. The Balaban J connectivity index is 1.54. The Kier molecular flexibility index (Phi) is 4.62. The van der Waals surface area contributed by atoms with E-state index in [9.17, 15) is 18.0 Å². The van der Waals surface area contributed by atoms with Gasteiger partial charge in [-0.1, -0.05) is 18.2 Å². The number of likely N-dealkylation sites (tertiary alicyclic amines) is 1. The van der Waals surface area contributed by atoms with Gasteiger partial charge in [-0.25, -0.2) is 0 Å². The van der Waals surface area contributed by atoms with Gasteiger partial charge in [0.15, 0.2) is 0 Å². The fraction of sp³-hybridized carbons (Fsp3) is 0.588. The first-order valence-corrected chi connectivity index (χ1v) is 8.11. The molecular formula is C17H21F3N2O. The summed E-state index contributed by atoms with van der Waals surface area (Å²) in [4.78, 5) is 13.8. The van der Waals surface area contributed by atoms with E-state index in [0.29, 0.717) is 25.2 Å². The van der Waals surface area contributed by atoms with Gasteiger partial charge in [-0.3, -0.25) is 9.69 Å². The van der Waals surface area contributed by atoms with Crippen LogP contribution in [0.1, 0.15) is 36.8 Å². The molecule has 23 heavy (non-hydrogen) atoms. The summed E-state index contributed by atoms with van der Waals surface area (Å²) < 4.78 is 39.1. The van der Waals surface area contributed by atoms with Crippen molar-refractivity contribution in [1.29, 1.82) is 0 Å². The molecule has 0 bridgehead atoms. The van der Waals surface area contributed by atoms with Crippen molar-refractivity contribution in [2.45, 2.75) is 44.4 Å². The lowest BCUT2D eigenvalue weighted by Gasteiger charge is -2.33. The third-order valence-electron chi connectivity index (χ3n) is 4.60. The highest BCUT2D eigenvalue weighted by molar-refractivity contribution is 5.81. The van der Waals surface area contributed by atoms with Crippen LogP contribution in [0.5, 0.6) is 0 Å². The maximum atomic E-state index is 13.0. The van der Waals surface area contributed by atoms with Gasteiger partial charge in [0.1, 0.15) is 0 Å². The zero-order valence-corrected chi connectivity index (χ0v) is 12.9. The van der Waals surface area contributed by atoms with Gasteiger partial charge < -0.3 is 5.32 Å². The summed E-state index contributed by atoms with van der Waals surface area (Å²) >= 11 is 0. The van der Waals surface area contributed by atoms with Crippen molar-refractivity contribution in [2.75, 3.05) is 13.1 Å². The highest BCUT2D eigenvalue weighted by atomic mass is 19.4. The van der Waals surface area contributed by atoms with Crippen LogP contribution in [0.3, 0.4) is 0 Å². The molecule has 2 fully saturated rings. The summed E-state index contributed by atoms with van der Waals surface area (Å²) in [6, 6.07) is 5.91. The van der Waals surface area contributed by atoms with E-state index in [-0.39, 0.29) is 17.9 Å². The first-order chi connectivity index (χ1) is 10.9. The van der Waals surface area contributed by atoms with Crippen LogP contribution >= 0.6 is 0 Å². The lowest BCUT2D eigenvalue weighted by Crippen LogP contribution is -2.44. The molecule has 1 aliphatic heterocycles. The quantitative estimate of drug-likeness (QED) is 0.921. The summed E-state index contributed by atoms with van der Waals surface area (Å²) in [6.07, 6.45) is -0.746. The topological polar surface area (TPSA) is 32.3 Å². The van der Waals surface area contributed by atoms with Gasteiger partial charge in [0.25, 0.3) is 0 Å². The Bertz CT molecular complexity index is 561. The summed E-state index contributed by atoms with van der Waals surface area (Å²) in [5.41, 5.74) is -0.232. The Morgan fingerprint density at radius 2 is 1.78 bits per heavy atom. The molecule has 1 saturated heterocycles. The molecule has 1 amide bonds. The minimum Gasteiger partial charge on any atom is -0.353 e. The highest BCUT2D eigenvalue weighted by Crippen LogP contribution is 2.33. The van der Waals surface area contributed by atoms with Crippen molar-refractivity contribution >= 4 is 5.91 Å². The first-order valence-electron chi connectivity index (χ1n) is 8.11. The molecular weight excluding hydrogens is 305 g/mol. The number of carbonyl (C=O) groups is 1. The van der Waals surface area contributed by atoms with Crippen LogP contribution in [-0.4, -0.2) is 29.9 Å². The molecule has 1 aromatic rings. The Morgan fingerprint density at radius 1 is 1.13 bits per heavy atom. The lowest BCUT2D eigenvalue weighted by molar-refractivity contribution is -0.138. The number of hydrogen-bond acceptors (Lipinski definition) is 2. The molecule has 126 valence electrons. The van der Waals surface area contributed by atoms with Gasteiger partial charge in [-0.15, -0.1) is 0 Å². The van der Waals surface area contributed by atoms with E-state index >= 15 is 0 Å². The molecule has 6 heteroatoms. The van der Waals surface area contributed by atoms with E-state index in [1.54, 1.807) is 12.1 Å². The third-order valence-corrected chi connectivity index (χ3v) is 4.60. The Labute approximate surface area is 133 Å². The van der Waals surface area contributed by atoms with Crippen LogP contribution < -0.4 is 5.32 Å². The molecule has 0 spiro atoms. The second-order valence-electron chi connectivity index (χ2n) is 6.49. The molecule has 1 saturated carbocycles. The van der Waals surface area contributed by atoms with E-state index in [0.717, 1.165) is 31.7 Å². The van der Waals surface area contributed by atoms with Crippen LogP contribution in [0.2, 0.25) is 0 Å². The van der Waals surface area contributed by atoms with Gasteiger partial charge in [0.05, 0.1) is 5.56 Å². The second-order valence-corrected chi connectivity index (χ2v) is 6.49. The van der Waals surface area contributed by atoms with Crippen LogP contribution in [0, 0.1) is 5.92 Å². The number of halogens is 3. The Morgan fingerprint density at radius 3 is 2.39 bits per heavy atom. The number of alkyl halides is 3. The molecule has 1 aliphatic carbocycles. The van der Waals surface area contributed by atoms with Crippen molar-refractivity contribution in [1.82, 2.24) is 10.2 Å². The molecule has 0 unspecified atom stereocenters. The van der Waals surface area contributed by atoms with Crippen LogP contribution in [0.15, 0.2) is 24.3 Å². The summed E-state index contributed by atoms with van der Waals surface area (Å²) in [7, 11) is 0. The minimum absolute atomic E-state index is 0.144. The van der Waals surface area contributed by atoms with Gasteiger partial charge in [0, 0.05) is 31.6 Å². The average Bonchev–Trinajstić information content (AvgIpc) is 3.33. The summed E-state index contributed by atoms with van der Waals surface area (Å²) in [5, 5.41) is 3.06. The number of piperidine rings is 1. The molecule has 2 aliphatic rings. The van der Waals surface area contributed by atoms with E-state index in [2.05, 4.69) is 5.32 Å². The molecule has 0 aromatic heterocycles. The van der Waals surface area contributed by atoms with Gasteiger partial charge in [0.2, 0.25) is 5.91 Å². The molecule has 1 aromatic carbocycles. The molecule has 0 radical (unpaired) electrons. The summed E-state index contributed by atoms with van der Waals surface area (Å²) in [6.45, 7) is 1.72. The van der Waals surface area contributed by atoms with E-state index in [1.807, 2.05) is 4.90 Å². The van der Waals surface area contributed by atoms with Crippen molar-refractivity contribution in [2.24, 2.45) is 5.92 Å². The van der Waals surface area contributed by atoms with Crippen LogP contribution in [-0.2, 0) is 17.5 Å². The monoisotopic (exact) mass is 326 g/mol. The van der Waals surface area contributed by atoms with Crippen molar-refractivity contribution in [3.8, 4) is 0 Å². The second kappa shape index (κ2) is 6.51. The Hall–Kier alpha value is -1.56. The minimum atomic E-state index is -4.31. The maximum absolute atomic E-state index is 13.0. The first kappa shape index (κ1) is 16.3. The number of benzene rings is 1.